The highest BCUT2D eigenvalue weighted by Gasteiger charge is 2.32. The number of nitrogens with zero attached hydrogens (tertiary/aromatic N) is 1. The largest absolute Gasteiger partial charge is 0.493 e. The van der Waals surface area contributed by atoms with Crippen LogP contribution in [0, 0.1) is 5.92 Å². The number of hydrogen-bond donors (Lipinski definition) is 2. The zero-order valence-electron chi connectivity index (χ0n) is 13.8. The monoisotopic (exact) mass is 345 g/mol. The molecule has 2 fully saturated rings. The Hall–Kier alpha value is -2.90. The van der Waals surface area contributed by atoms with Gasteiger partial charge in [0.15, 0.2) is 11.5 Å². The van der Waals surface area contributed by atoms with Gasteiger partial charge in [-0.15, -0.1) is 0 Å². The first-order valence-corrected chi connectivity index (χ1v) is 8.10. The van der Waals surface area contributed by atoms with Crippen molar-refractivity contribution in [1.29, 1.82) is 0 Å². The van der Waals surface area contributed by atoms with Gasteiger partial charge in [0.1, 0.15) is 0 Å². The van der Waals surface area contributed by atoms with Crippen LogP contribution in [0.15, 0.2) is 23.3 Å². The van der Waals surface area contributed by atoms with Crippen LogP contribution in [-0.4, -0.2) is 37.1 Å². The van der Waals surface area contributed by atoms with Crippen molar-refractivity contribution in [3.63, 3.8) is 0 Å². The molecule has 1 aromatic rings. The van der Waals surface area contributed by atoms with Crippen LogP contribution >= 0.6 is 0 Å². The molecular formula is C17H19N3O5. The highest BCUT2D eigenvalue weighted by atomic mass is 16.6. The summed E-state index contributed by atoms with van der Waals surface area (Å²) >= 11 is 0. The molecule has 2 aliphatic carbocycles. The van der Waals surface area contributed by atoms with E-state index in [9.17, 15) is 14.4 Å². The van der Waals surface area contributed by atoms with Gasteiger partial charge in [0.2, 0.25) is 0 Å². The number of hydrazone groups is 1. The zero-order valence-corrected chi connectivity index (χ0v) is 13.8. The van der Waals surface area contributed by atoms with Crippen LogP contribution in [0.1, 0.15) is 31.2 Å². The lowest BCUT2D eigenvalue weighted by Gasteiger charge is -2.09. The molecule has 0 aliphatic heterocycles. The second-order valence-corrected chi connectivity index (χ2v) is 6.05. The molecule has 2 amide bonds. The fourth-order valence-electron chi connectivity index (χ4n) is 2.05. The smallest absolute Gasteiger partial charge is 0.329 e. The molecule has 0 aromatic heterocycles. The number of ether oxygens (including phenoxy) is 2. The lowest BCUT2D eigenvalue weighted by molar-refractivity contribution is -0.139. The van der Waals surface area contributed by atoms with Gasteiger partial charge >= 0.3 is 17.8 Å². The molecule has 3 rings (SSSR count). The number of carbonyl (C=O) groups excluding carboxylic acids is 3. The number of amides is 2. The average molecular weight is 345 g/mol. The predicted octanol–water partition coefficient (Wildman–Crippen LogP) is 0.739. The molecule has 25 heavy (non-hydrogen) atoms. The summed E-state index contributed by atoms with van der Waals surface area (Å²) in [7, 11) is 1.47. The van der Waals surface area contributed by atoms with Crippen molar-refractivity contribution in [2.75, 3.05) is 7.11 Å². The van der Waals surface area contributed by atoms with E-state index in [0.717, 1.165) is 25.7 Å². The highest BCUT2D eigenvalue weighted by molar-refractivity contribution is 6.35. The summed E-state index contributed by atoms with van der Waals surface area (Å²) in [6, 6.07) is 4.99. The molecule has 0 saturated heterocycles. The molecule has 0 unspecified atom stereocenters. The summed E-state index contributed by atoms with van der Waals surface area (Å²) < 4.78 is 10.5. The summed E-state index contributed by atoms with van der Waals surface area (Å²) in [5, 5.41) is 6.31. The molecule has 0 atom stereocenters. The Labute approximate surface area is 144 Å². The van der Waals surface area contributed by atoms with Crippen molar-refractivity contribution in [2.24, 2.45) is 11.0 Å². The lowest BCUT2D eigenvalue weighted by atomic mass is 10.2. The van der Waals surface area contributed by atoms with E-state index in [4.69, 9.17) is 9.47 Å². The molecule has 132 valence electrons. The number of methoxy groups -OCH3 is 1. The number of benzene rings is 1. The molecule has 1 aromatic carbocycles. The number of rotatable bonds is 6. The van der Waals surface area contributed by atoms with Gasteiger partial charge in [-0.3, -0.25) is 14.4 Å². The SMILES string of the molecule is COc1cc(/C=N\NC(=O)C(=O)NC2CC2)ccc1OC(=O)C1CC1. The van der Waals surface area contributed by atoms with Crippen LogP contribution in [0.25, 0.3) is 0 Å². The van der Waals surface area contributed by atoms with Crippen LogP contribution in [0.3, 0.4) is 0 Å². The highest BCUT2D eigenvalue weighted by Crippen LogP contribution is 2.34. The number of carbonyl (C=O) groups is 3. The van der Waals surface area contributed by atoms with Crippen molar-refractivity contribution < 1.29 is 23.9 Å². The Morgan fingerprint density at radius 1 is 1.12 bits per heavy atom. The third kappa shape index (κ3) is 4.79. The Kier molecular flexibility index (Phi) is 4.97. The summed E-state index contributed by atoms with van der Waals surface area (Å²) in [6.45, 7) is 0. The van der Waals surface area contributed by atoms with Crippen LogP contribution in [0.2, 0.25) is 0 Å². The molecule has 0 spiro atoms. The fourth-order valence-corrected chi connectivity index (χ4v) is 2.05. The Morgan fingerprint density at radius 2 is 1.88 bits per heavy atom. The van der Waals surface area contributed by atoms with E-state index in [0.29, 0.717) is 17.1 Å². The van der Waals surface area contributed by atoms with Gasteiger partial charge in [-0.25, -0.2) is 5.43 Å². The Morgan fingerprint density at radius 3 is 2.52 bits per heavy atom. The van der Waals surface area contributed by atoms with E-state index < -0.39 is 11.8 Å². The van der Waals surface area contributed by atoms with Crippen molar-refractivity contribution in [3.05, 3.63) is 23.8 Å². The van der Waals surface area contributed by atoms with Crippen LogP contribution in [-0.2, 0) is 14.4 Å². The first-order valence-electron chi connectivity index (χ1n) is 8.10. The first kappa shape index (κ1) is 16.9. The summed E-state index contributed by atoms with van der Waals surface area (Å²) in [6.07, 6.45) is 4.90. The maximum atomic E-state index is 11.7. The maximum absolute atomic E-state index is 11.7. The van der Waals surface area contributed by atoms with Gasteiger partial charge < -0.3 is 14.8 Å². The summed E-state index contributed by atoms with van der Waals surface area (Å²) in [5.74, 6) is -1.05. The van der Waals surface area contributed by atoms with E-state index in [1.54, 1.807) is 18.2 Å². The third-order valence-corrected chi connectivity index (χ3v) is 3.81. The van der Waals surface area contributed by atoms with E-state index in [1.165, 1.54) is 13.3 Å². The van der Waals surface area contributed by atoms with E-state index in [-0.39, 0.29) is 17.9 Å². The topological polar surface area (TPSA) is 106 Å². The molecule has 2 aliphatic rings. The number of nitrogens with one attached hydrogen (secondary N) is 2. The predicted molar refractivity (Wildman–Crippen MR) is 88.3 cm³/mol. The van der Waals surface area contributed by atoms with Crippen LogP contribution in [0.5, 0.6) is 11.5 Å². The summed E-state index contributed by atoms with van der Waals surface area (Å²) in [4.78, 5) is 34.8. The number of esters is 1. The van der Waals surface area contributed by atoms with Gasteiger partial charge in [0.25, 0.3) is 0 Å². The van der Waals surface area contributed by atoms with Crippen molar-refractivity contribution in [2.45, 2.75) is 31.7 Å². The minimum absolute atomic E-state index is 0.0112. The molecule has 2 saturated carbocycles. The normalized spacial score (nSPS) is 16.4. The molecule has 2 N–H and O–H groups in total. The van der Waals surface area contributed by atoms with Crippen molar-refractivity contribution in [1.82, 2.24) is 10.7 Å². The lowest BCUT2D eigenvalue weighted by Crippen LogP contribution is -2.38. The van der Waals surface area contributed by atoms with Crippen molar-refractivity contribution >= 4 is 24.0 Å². The fraction of sp³-hybridized carbons (Fsp3) is 0.412. The van der Waals surface area contributed by atoms with Crippen LogP contribution < -0.4 is 20.2 Å². The molecule has 0 bridgehead atoms. The third-order valence-electron chi connectivity index (χ3n) is 3.81. The minimum atomic E-state index is -0.815. The van der Waals surface area contributed by atoms with Gasteiger partial charge in [-0.2, -0.15) is 5.10 Å². The standard InChI is InChI=1S/C17H19N3O5/c1-24-14-8-10(2-7-13(14)25-17(23)11-3-4-11)9-18-20-16(22)15(21)19-12-5-6-12/h2,7-9,11-12H,3-6H2,1H3,(H,19,21)(H,20,22)/b18-9-. The van der Waals surface area contributed by atoms with Crippen LogP contribution in [0.4, 0.5) is 0 Å². The van der Waals surface area contributed by atoms with E-state index >= 15 is 0 Å². The van der Waals surface area contributed by atoms with Gasteiger partial charge in [-0.1, -0.05) is 0 Å². The van der Waals surface area contributed by atoms with Crippen molar-refractivity contribution in [3.8, 4) is 11.5 Å². The Balaban J connectivity index is 1.56. The molecular weight excluding hydrogens is 326 g/mol. The molecule has 0 heterocycles. The van der Waals surface area contributed by atoms with Gasteiger partial charge in [0.05, 0.1) is 19.2 Å². The number of hydrogen-bond acceptors (Lipinski definition) is 6. The molecule has 8 nitrogen and oxygen atoms in total. The Bertz CT molecular complexity index is 723. The van der Waals surface area contributed by atoms with E-state index in [2.05, 4.69) is 15.8 Å². The minimum Gasteiger partial charge on any atom is -0.493 e. The van der Waals surface area contributed by atoms with Gasteiger partial charge in [0, 0.05) is 6.04 Å². The van der Waals surface area contributed by atoms with Gasteiger partial charge in [-0.05, 0) is 49.4 Å². The first-order chi connectivity index (χ1) is 12.1. The zero-order chi connectivity index (χ0) is 17.8. The average Bonchev–Trinajstić information content (AvgIpc) is 3.48. The molecule has 8 heteroatoms. The summed E-state index contributed by atoms with van der Waals surface area (Å²) in [5.41, 5.74) is 2.78. The maximum Gasteiger partial charge on any atom is 0.329 e. The van der Waals surface area contributed by atoms with E-state index in [1.807, 2.05) is 0 Å². The quantitative estimate of drug-likeness (QED) is 0.260. The molecule has 0 radical (unpaired) electrons. The second kappa shape index (κ2) is 7.33. The second-order valence-electron chi connectivity index (χ2n) is 6.05.